The second-order valence-electron chi connectivity index (χ2n) is 3.24. The van der Waals surface area contributed by atoms with Crippen molar-refractivity contribution < 1.29 is 9.90 Å². The van der Waals surface area contributed by atoms with Crippen molar-refractivity contribution in [3.8, 4) is 0 Å². The van der Waals surface area contributed by atoms with Crippen LogP contribution in [-0.4, -0.2) is 35.7 Å². The van der Waals surface area contributed by atoms with Crippen molar-refractivity contribution in [2.75, 3.05) is 24.7 Å². The topological polar surface area (TPSA) is 49.3 Å². The number of carbonyl (C=O) groups excluding carboxylic acids is 1. The molecule has 88 valence electrons. The Morgan fingerprint density at radius 3 is 2.80 bits per heavy atom. The summed E-state index contributed by atoms with van der Waals surface area (Å²) in [5.41, 5.74) is 0.790. The molecule has 1 amide bonds. The fraction of sp³-hybridized carbons (Fsp3) is 0.727. The van der Waals surface area contributed by atoms with Crippen molar-refractivity contribution in [3.05, 3.63) is 11.6 Å². The number of thioether (sulfide) groups is 1. The smallest absolute Gasteiger partial charge is 0.246 e. The Morgan fingerprint density at radius 2 is 2.20 bits per heavy atom. The monoisotopic (exact) mass is 231 g/mol. The maximum Gasteiger partial charge on any atom is 0.246 e. The van der Waals surface area contributed by atoms with Gasteiger partial charge < -0.3 is 10.4 Å². The van der Waals surface area contributed by atoms with E-state index in [-0.39, 0.29) is 12.5 Å². The number of hydrogen-bond donors (Lipinski definition) is 2. The summed E-state index contributed by atoms with van der Waals surface area (Å²) in [4.78, 5) is 11.4. The average molecular weight is 231 g/mol. The summed E-state index contributed by atoms with van der Waals surface area (Å²) in [7, 11) is 0. The van der Waals surface area contributed by atoms with Crippen LogP contribution in [0.4, 0.5) is 0 Å². The molecule has 0 bridgehead atoms. The first-order valence-electron chi connectivity index (χ1n) is 5.36. The van der Waals surface area contributed by atoms with Crippen LogP contribution in [0, 0.1) is 0 Å². The minimum atomic E-state index is 0.0274. The van der Waals surface area contributed by atoms with Crippen molar-refractivity contribution in [2.24, 2.45) is 0 Å². The van der Waals surface area contributed by atoms with E-state index < -0.39 is 0 Å². The van der Waals surface area contributed by atoms with Crippen LogP contribution in [0.1, 0.15) is 26.7 Å². The van der Waals surface area contributed by atoms with Crippen LogP contribution in [0.3, 0.4) is 0 Å². The van der Waals surface area contributed by atoms with E-state index in [1.807, 2.05) is 19.9 Å². The molecule has 0 aliphatic rings. The van der Waals surface area contributed by atoms with E-state index in [9.17, 15) is 4.79 Å². The van der Waals surface area contributed by atoms with Crippen LogP contribution in [0.5, 0.6) is 0 Å². The van der Waals surface area contributed by atoms with Crippen LogP contribution in [0.25, 0.3) is 0 Å². The standard InChI is InChI=1S/C11H21NO2S/c1-3-5-10(2)11(14)12-6-9-15-8-4-7-13/h5,13H,3-4,6-9H2,1-2H3,(H,12,14)/b10-5-. The molecule has 0 aliphatic heterocycles. The van der Waals surface area contributed by atoms with Crippen molar-refractivity contribution in [1.82, 2.24) is 5.32 Å². The van der Waals surface area contributed by atoms with Crippen molar-refractivity contribution >= 4 is 17.7 Å². The number of rotatable bonds is 8. The lowest BCUT2D eigenvalue weighted by molar-refractivity contribution is -0.117. The van der Waals surface area contributed by atoms with E-state index in [4.69, 9.17) is 5.11 Å². The molecule has 2 N–H and O–H groups in total. The lowest BCUT2D eigenvalue weighted by atomic mass is 10.2. The number of aliphatic hydroxyl groups excluding tert-OH is 1. The lowest BCUT2D eigenvalue weighted by Gasteiger charge is -2.04. The van der Waals surface area contributed by atoms with Crippen LogP contribution >= 0.6 is 11.8 Å². The normalized spacial score (nSPS) is 11.5. The molecule has 3 nitrogen and oxygen atoms in total. The molecule has 0 spiro atoms. The summed E-state index contributed by atoms with van der Waals surface area (Å²) >= 11 is 1.75. The number of aliphatic hydroxyl groups is 1. The number of hydrogen-bond acceptors (Lipinski definition) is 3. The summed E-state index contributed by atoms with van der Waals surface area (Å²) in [5, 5.41) is 11.4. The quantitative estimate of drug-likeness (QED) is 0.492. The first-order chi connectivity index (χ1) is 7.22. The molecular weight excluding hydrogens is 210 g/mol. The van der Waals surface area contributed by atoms with Crippen LogP contribution in [0.15, 0.2) is 11.6 Å². The highest BCUT2D eigenvalue weighted by atomic mass is 32.2. The molecule has 0 aromatic carbocycles. The van der Waals surface area contributed by atoms with Gasteiger partial charge in [-0.3, -0.25) is 4.79 Å². The summed E-state index contributed by atoms with van der Waals surface area (Å²) in [6, 6.07) is 0. The zero-order valence-electron chi connectivity index (χ0n) is 9.58. The Kier molecular flexibility index (Phi) is 9.73. The molecular formula is C11H21NO2S. The molecule has 0 rings (SSSR count). The third-order valence-electron chi connectivity index (χ3n) is 1.85. The fourth-order valence-corrected chi connectivity index (χ4v) is 1.83. The third-order valence-corrected chi connectivity index (χ3v) is 2.92. The van der Waals surface area contributed by atoms with Crippen molar-refractivity contribution in [2.45, 2.75) is 26.7 Å². The highest BCUT2D eigenvalue weighted by molar-refractivity contribution is 7.99. The van der Waals surface area contributed by atoms with Gasteiger partial charge in [0.05, 0.1) is 0 Å². The SMILES string of the molecule is CC/C=C(/C)C(=O)NCCSCCCO. The first-order valence-corrected chi connectivity index (χ1v) is 6.51. The lowest BCUT2D eigenvalue weighted by Crippen LogP contribution is -2.26. The Bertz CT molecular complexity index is 205. The Morgan fingerprint density at radius 1 is 1.47 bits per heavy atom. The molecule has 0 atom stereocenters. The zero-order chi connectivity index (χ0) is 11.5. The van der Waals surface area contributed by atoms with Gasteiger partial charge in [0.25, 0.3) is 0 Å². The van der Waals surface area contributed by atoms with E-state index in [0.29, 0.717) is 6.54 Å². The van der Waals surface area contributed by atoms with Gasteiger partial charge in [0.2, 0.25) is 5.91 Å². The molecule has 0 unspecified atom stereocenters. The molecule has 0 fully saturated rings. The Balaban J connectivity index is 3.43. The van der Waals surface area contributed by atoms with E-state index in [0.717, 1.165) is 29.9 Å². The highest BCUT2D eigenvalue weighted by Crippen LogP contribution is 2.00. The molecule has 0 saturated heterocycles. The highest BCUT2D eigenvalue weighted by Gasteiger charge is 2.01. The molecule has 0 aromatic rings. The molecule has 0 aromatic heterocycles. The molecule has 0 heterocycles. The Hall–Kier alpha value is -0.480. The minimum absolute atomic E-state index is 0.0274. The van der Waals surface area contributed by atoms with Gasteiger partial charge in [0.15, 0.2) is 0 Å². The minimum Gasteiger partial charge on any atom is -0.396 e. The second-order valence-corrected chi connectivity index (χ2v) is 4.47. The maximum absolute atomic E-state index is 11.4. The summed E-state index contributed by atoms with van der Waals surface area (Å²) in [5.74, 6) is 1.89. The summed E-state index contributed by atoms with van der Waals surface area (Å²) in [6.45, 7) is 4.79. The summed E-state index contributed by atoms with van der Waals surface area (Å²) < 4.78 is 0. The molecule has 0 radical (unpaired) electrons. The van der Waals surface area contributed by atoms with E-state index in [1.54, 1.807) is 11.8 Å². The predicted octanol–water partition coefficient (Wildman–Crippen LogP) is 1.57. The number of carbonyl (C=O) groups is 1. The van der Waals surface area contributed by atoms with Gasteiger partial charge in [-0.2, -0.15) is 11.8 Å². The maximum atomic E-state index is 11.4. The van der Waals surface area contributed by atoms with E-state index in [2.05, 4.69) is 5.32 Å². The van der Waals surface area contributed by atoms with Crippen molar-refractivity contribution in [3.63, 3.8) is 0 Å². The van der Waals surface area contributed by atoms with Gasteiger partial charge in [0, 0.05) is 24.5 Å². The molecule has 0 aliphatic carbocycles. The summed E-state index contributed by atoms with van der Waals surface area (Å²) in [6.07, 6.45) is 3.64. The number of amides is 1. The van der Waals surface area contributed by atoms with Gasteiger partial charge in [-0.05, 0) is 25.5 Å². The number of allylic oxidation sites excluding steroid dienone is 1. The van der Waals surface area contributed by atoms with Crippen LogP contribution < -0.4 is 5.32 Å². The average Bonchev–Trinajstić information content (AvgIpc) is 2.23. The molecule has 4 heteroatoms. The van der Waals surface area contributed by atoms with Gasteiger partial charge in [0.1, 0.15) is 0 Å². The van der Waals surface area contributed by atoms with E-state index in [1.165, 1.54) is 0 Å². The van der Waals surface area contributed by atoms with Gasteiger partial charge in [-0.1, -0.05) is 13.0 Å². The second kappa shape index (κ2) is 10.1. The number of nitrogens with one attached hydrogen (secondary N) is 1. The zero-order valence-corrected chi connectivity index (χ0v) is 10.4. The van der Waals surface area contributed by atoms with Gasteiger partial charge in [-0.25, -0.2) is 0 Å². The predicted molar refractivity (Wildman–Crippen MR) is 66.1 cm³/mol. The van der Waals surface area contributed by atoms with Crippen molar-refractivity contribution in [1.29, 1.82) is 0 Å². The molecule has 15 heavy (non-hydrogen) atoms. The van der Waals surface area contributed by atoms with Crippen LogP contribution in [-0.2, 0) is 4.79 Å². The van der Waals surface area contributed by atoms with E-state index >= 15 is 0 Å². The van der Waals surface area contributed by atoms with Gasteiger partial charge >= 0.3 is 0 Å². The molecule has 0 saturated carbocycles. The Labute approximate surface area is 96.3 Å². The third kappa shape index (κ3) is 8.51. The van der Waals surface area contributed by atoms with Crippen LogP contribution in [0.2, 0.25) is 0 Å². The first kappa shape index (κ1) is 14.5. The fourth-order valence-electron chi connectivity index (χ4n) is 1.04. The van der Waals surface area contributed by atoms with Gasteiger partial charge in [-0.15, -0.1) is 0 Å². The largest absolute Gasteiger partial charge is 0.396 e.